The number of halogens is 1. The van der Waals surface area contributed by atoms with Crippen LogP contribution in [-0.4, -0.2) is 30.2 Å². The molecule has 1 fully saturated rings. The minimum atomic E-state index is -3.31. The Hall–Kier alpha value is -1.14. The second-order valence-corrected chi connectivity index (χ2v) is 8.24. The van der Waals surface area contributed by atoms with Crippen molar-refractivity contribution < 1.29 is 13.2 Å². The Morgan fingerprint density at radius 3 is 2.85 bits per heavy atom. The molecule has 0 aliphatic carbocycles. The van der Waals surface area contributed by atoms with Crippen LogP contribution >= 0.6 is 15.9 Å². The zero-order valence-corrected chi connectivity index (χ0v) is 13.1. The molecule has 0 bridgehead atoms. The Morgan fingerprint density at radius 2 is 2.10 bits per heavy atom. The van der Waals surface area contributed by atoms with Crippen LogP contribution in [0.3, 0.4) is 0 Å². The smallest absolute Gasteiger partial charge is 0.183 e. The van der Waals surface area contributed by atoms with E-state index in [-0.39, 0.29) is 11.5 Å². The molecule has 1 saturated heterocycles. The molecule has 0 radical (unpaired) electrons. The van der Waals surface area contributed by atoms with Crippen molar-refractivity contribution in [2.75, 3.05) is 5.75 Å². The first kappa shape index (κ1) is 13.8. The summed E-state index contributed by atoms with van der Waals surface area (Å²) in [6.45, 7) is 0. The van der Waals surface area contributed by atoms with Gasteiger partial charge in [0.15, 0.2) is 15.6 Å². The number of benzene rings is 1. The number of Topliss-reactive ketones (excluding diaryl/α,β-unsaturated/α-hetero) is 1. The van der Waals surface area contributed by atoms with Crippen LogP contribution in [-0.2, 0) is 9.84 Å². The highest BCUT2D eigenvalue weighted by Crippen LogP contribution is 2.30. The van der Waals surface area contributed by atoms with Gasteiger partial charge in [-0.2, -0.15) is 0 Å². The van der Waals surface area contributed by atoms with E-state index in [9.17, 15) is 13.2 Å². The second-order valence-electron chi connectivity index (χ2n) is 5.08. The maximum absolute atomic E-state index is 12.6. The summed E-state index contributed by atoms with van der Waals surface area (Å²) in [4.78, 5) is 15.7. The highest BCUT2D eigenvalue weighted by Gasteiger charge is 2.36. The molecule has 0 saturated carbocycles. The Morgan fingerprint density at radius 1 is 1.30 bits per heavy atom. The van der Waals surface area contributed by atoms with Crippen LogP contribution in [0.15, 0.2) is 28.9 Å². The van der Waals surface area contributed by atoms with Crippen LogP contribution in [0.5, 0.6) is 0 Å². The summed E-state index contributed by atoms with van der Waals surface area (Å²) in [5.41, 5.74) is 1.29. The first-order chi connectivity index (χ1) is 9.50. The number of hydrogen-bond acceptors (Lipinski definition) is 3. The van der Waals surface area contributed by atoms with Gasteiger partial charge < -0.3 is 4.98 Å². The fourth-order valence-electron chi connectivity index (χ4n) is 2.76. The van der Waals surface area contributed by atoms with E-state index >= 15 is 0 Å². The number of aromatic nitrogens is 1. The lowest BCUT2D eigenvalue weighted by molar-refractivity contribution is 0.0983. The molecule has 1 aromatic carbocycles. The summed E-state index contributed by atoms with van der Waals surface area (Å²) < 4.78 is 25.0. The maximum atomic E-state index is 12.6. The third-order valence-corrected chi connectivity index (χ3v) is 6.63. The van der Waals surface area contributed by atoms with E-state index in [1.807, 2.05) is 18.2 Å². The first-order valence-corrected chi connectivity index (χ1v) is 9.03. The minimum Gasteiger partial charge on any atom is -0.360 e. The average molecular weight is 356 g/mol. The molecule has 106 valence electrons. The van der Waals surface area contributed by atoms with Crippen molar-refractivity contribution in [1.82, 2.24) is 4.98 Å². The van der Waals surface area contributed by atoms with E-state index in [4.69, 9.17) is 0 Å². The minimum absolute atomic E-state index is 0.118. The van der Waals surface area contributed by atoms with Gasteiger partial charge in [0, 0.05) is 27.1 Å². The van der Waals surface area contributed by atoms with Crippen LogP contribution in [0.25, 0.3) is 10.9 Å². The van der Waals surface area contributed by atoms with Crippen LogP contribution in [0.1, 0.15) is 29.6 Å². The van der Waals surface area contributed by atoms with Crippen LogP contribution < -0.4 is 0 Å². The van der Waals surface area contributed by atoms with Gasteiger partial charge in [0.1, 0.15) is 5.25 Å². The number of fused-ring (bicyclic) bond motifs is 1. The third-order valence-electron chi connectivity index (χ3n) is 3.79. The maximum Gasteiger partial charge on any atom is 0.183 e. The molecule has 4 nitrogen and oxygen atoms in total. The first-order valence-electron chi connectivity index (χ1n) is 6.52. The second kappa shape index (κ2) is 5.00. The molecule has 0 spiro atoms. The molecule has 1 unspecified atom stereocenters. The normalized spacial score (nSPS) is 21.9. The van der Waals surface area contributed by atoms with Crippen LogP contribution in [0, 0.1) is 0 Å². The number of nitrogens with one attached hydrogen (secondary N) is 1. The summed E-state index contributed by atoms with van der Waals surface area (Å²) >= 11 is 3.43. The number of hydrogen-bond donors (Lipinski definition) is 1. The summed E-state index contributed by atoms with van der Waals surface area (Å²) in [5.74, 6) is -0.171. The van der Waals surface area contributed by atoms with Crippen molar-refractivity contribution in [2.24, 2.45) is 0 Å². The zero-order chi connectivity index (χ0) is 14.3. The molecule has 20 heavy (non-hydrogen) atoms. The summed E-state index contributed by atoms with van der Waals surface area (Å²) in [6, 6.07) is 5.59. The fourth-order valence-corrected chi connectivity index (χ4v) is 5.21. The molecule has 1 N–H and O–H groups in total. The van der Waals surface area contributed by atoms with E-state index in [0.717, 1.165) is 21.8 Å². The third kappa shape index (κ3) is 2.20. The average Bonchev–Trinajstić information content (AvgIpc) is 2.83. The van der Waals surface area contributed by atoms with Crippen molar-refractivity contribution in [3.8, 4) is 0 Å². The standard InChI is InChI=1S/C14H14BrNO3S/c15-10-4-3-5-11-13(10)9(8-16-11)14(17)12-6-1-2-7-20(12,18)19/h3-5,8,12,16H,1-2,6-7H2. The van der Waals surface area contributed by atoms with Gasteiger partial charge in [-0.3, -0.25) is 4.79 Å². The molecule has 1 aliphatic heterocycles. The highest BCUT2D eigenvalue weighted by atomic mass is 79.9. The van der Waals surface area contributed by atoms with Crippen molar-refractivity contribution in [3.63, 3.8) is 0 Å². The molecule has 1 aliphatic rings. The van der Waals surface area contributed by atoms with Gasteiger partial charge in [-0.25, -0.2) is 8.42 Å². The number of H-pyrrole nitrogens is 1. The lowest BCUT2D eigenvalue weighted by Gasteiger charge is -2.20. The largest absolute Gasteiger partial charge is 0.360 e. The topological polar surface area (TPSA) is 67.0 Å². The zero-order valence-electron chi connectivity index (χ0n) is 10.7. The number of rotatable bonds is 2. The van der Waals surface area contributed by atoms with Crippen molar-refractivity contribution in [2.45, 2.75) is 24.5 Å². The number of carbonyl (C=O) groups excluding carboxylic acids is 1. The van der Waals surface area contributed by atoms with Crippen molar-refractivity contribution in [3.05, 3.63) is 34.4 Å². The Balaban J connectivity index is 2.09. The molecular weight excluding hydrogens is 342 g/mol. The van der Waals surface area contributed by atoms with E-state index in [0.29, 0.717) is 18.4 Å². The summed E-state index contributed by atoms with van der Waals surface area (Å²) in [6.07, 6.45) is 3.49. The van der Waals surface area contributed by atoms with Gasteiger partial charge in [-0.05, 0) is 25.0 Å². The monoisotopic (exact) mass is 355 g/mol. The number of aromatic amines is 1. The summed E-state index contributed by atoms with van der Waals surface area (Å²) in [5, 5.41) is -0.124. The number of ketones is 1. The molecule has 1 aromatic heterocycles. The van der Waals surface area contributed by atoms with Crippen molar-refractivity contribution >= 4 is 42.5 Å². The van der Waals surface area contributed by atoms with Gasteiger partial charge in [-0.1, -0.05) is 28.4 Å². The van der Waals surface area contributed by atoms with E-state index in [1.165, 1.54) is 0 Å². The predicted molar refractivity (Wildman–Crippen MR) is 81.8 cm³/mol. The SMILES string of the molecule is O=C(c1c[nH]c2cccc(Br)c12)C1CCCCS1(=O)=O. The molecule has 2 aromatic rings. The molecular formula is C14H14BrNO3S. The molecule has 3 rings (SSSR count). The van der Waals surface area contributed by atoms with Crippen LogP contribution in [0.4, 0.5) is 0 Å². The lowest BCUT2D eigenvalue weighted by Crippen LogP contribution is -2.35. The molecule has 0 amide bonds. The predicted octanol–water partition coefficient (Wildman–Crippen LogP) is 3.08. The molecule has 6 heteroatoms. The summed E-state index contributed by atoms with van der Waals surface area (Å²) in [7, 11) is -3.31. The van der Waals surface area contributed by atoms with Gasteiger partial charge in [-0.15, -0.1) is 0 Å². The molecule has 2 heterocycles. The fraction of sp³-hybridized carbons (Fsp3) is 0.357. The molecule has 1 atom stereocenters. The van der Waals surface area contributed by atoms with Gasteiger partial charge >= 0.3 is 0 Å². The van der Waals surface area contributed by atoms with Gasteiger partial charge in [0.25, 0.3) is 0 Å². The Bertz CT molecular complexity index is 779. The number of carbonyl (C=O) groups is 1. The number of sulfone groups is 1. The lowest BCUT2D eigenvalue weighted by atomic mass is 10.0. The quantitative estimate of drug-likeness (QED) is 0.841. The van der Waals surface area contributed by atoms with E-state index < -0.39 is 15.1 Å². The van der Waals surface area contributed by atoms with E-state index in [2.05, 4.69) is 20.9 Å². The van der Waals surface area contributed by atoms with Crippen molar-refractivity contribution in [1.29, 1.82) is 0 Å². The van der Waals surface area contributed by atoms with Crippen LogP contribution in [0.2, 0.25) is 0 Å². The van der Waals surface area contributed by atoms with E-state index in [1.54, 1.807) is 6.20 Å². The Kier molecular flexibility index (Phi) is 3.46. The highest BCUT2D eigenvalue weighted by molar-refractivity contribution is 9.10. The Labute approximate surface area is 125 Å². The van der Waals surface area contributed by atoms with Gasteiger partial charge in [0.05, 0.1) is 5.75 Å². The van der Waals surface area contributed by atoms with Gasteiger partial charge in [0.2, 0.25) is 0 Å².